The zero-order valence-corrected chi connectivity index (χ0v) is 19.3. The minimum absolute atomic E-state index is 0.141. The average Bonchev–Trinajstić information content (AvgIpc) is 3.57. The Bertz CT molecular complexity index is 1580. The Morgan fingerprint density at radius 2 is 1.75 bits per heavy atom. The first kappa shape index (κ1) is 22.1. The number of benzene rings is 3. The van der Waals surface area contributed by atoms with Crippen molar-refractivity contribution in [3.63, 3.8) is 0 Å². The molecule has 6 rings (SSSR count). The van der Waals surface area contributed by atoms with Gasteiger partial charge in [0.15, 0.2) is 11.5 Å². The van der Waals surface area contributed by atoms with E-state index in [1.165, 1.54) is 23.8 Å². The summed E-state index contributed by atoms with van der Waals surface area (Å²) in [6, 6.07) is 25.2. The number of nitro groups is 1. The monoisotopic (exact) mass is 479 g/mol. The van der Waals surface area contributed by atoms with Crippen LogP contribution in [0.1, 0.15) is 17.9 Å². The summed E-state index contributed by atoms with van der Waals surface area (Å²) in [7, 11) is 0. The molecule has 5 aromatic rings. The van der Waals surface area contributed by atoms with E-state index in [0.29, 0.717) is 22.8 Å². The zero-order valence-electron chi connectivity index (χ0n) is 19.3. The third-order valence-corrected chi connectivity index (χ3v) is 6.67. The summed E-state index contributed by atoms with van der Waals surface area (Å²) in [5, 5.41) is 15.2. The summed E-state index contributed by atoms with van der Waals surface area (Å²) in [5.41, 5.74) is 4.09. The molecule has 36 heavy (non-hydrogen) atoms. The highest BCUT2D eigenvalue weighted by molar-refractivity contribution is 5.84. The molecule has 0 radical (unpaired) electrons. The second-order valence-corrected chi connectivity index (χ2v) is 8.85. The number of nitro benzene ring substituents is 1. The first-order chi connectivity index (χ1) is 17.6. The Kier molecular flexibility index (Phi) is 5.50. The summed E-state index contributed by atoms with van der Waals surface area (Å²) < 4.78 is 16.9. The highest BCUT2D eigenvalue weighted by atomic mass is 19.1. The van der Waals surface area contributed by atoms with Crippen molar-refractivity contribution in [2.75, 3.05) is 13.1 Å². The molecule has 1 N–H and O–H groups in total. The lowest BCUT2D eigenvalue weighted by atomic mass is 9.98. The summed E-state index contributed by atoms with van der Waals surface area (Å²) >= 11 is 0. The fourth-order valence-electron chi connectivity index (χ4n) is 4.86. The van der Waals surface area contributed by atoms with E-state index in [9.17, 15) is 10.1 Å². The molecule has 3 heterocycles. The van der Waals surface area contributed by atoms with Gasteiger partial charge in [-0.1, -0.05) is 48.5 Å². The number of fused-ring (bicyclic) bond motifs is 1. The number of rotatable bonds is 5. The highest BCUT2D eigenvalue weighted by Crippen LogP contribution is 2.36. The van der Waals surface area contributed by atoms with Gasteiger partial charge < -0.3 is 5.32 Å². The molecule has 0 bridgehead atoms. The fourth-order valence-corrected chi connectivity index (χ4v) is 4.86. The number of aromatic nitrogens is 3. The fraction of sp³-hybridized carbons (Fsp3) is 0.143. The minimum atomic E-state index is -0.710. The molecule has 0 saturated carbocycles. The standard InChI is InChI=1S/C28H22FN5O2/c29-22-7-4-8-25(34(35)36)26(22)28-32-24-14-13-23(19-5-2-1-3-6-19)31-27(24)33(28)21-11-9-18(10-12-21)20-15-16-30-17-20/h1-14,20,30H,15-17H2. The van der Waals surface area contributed by atoms with Gasteiger partial charge in [-0.05, 0) is 54.8 Å². The van der Waals surface area contributed by atoms with Crippen molar-refractivity contribution in [2.45, 2.75) is 12.3 Å². The van der Waals surface area contributed by atoms with E-state index >= 15 is 4.39 Å². The van der Waals surface area contributed by atoms with Crippen LogP contribution >= 0.6 is 0 Å². The summed E-state index contributed by atoms with van der Waals surface area (Å²) in [4.78, 5) is 20.8. The van der Waals surface area contributed by atoms with E-state index in [0.717, 1.165) is 30.8 Å². The Labute approximate surface area is 206 Å². The Morgan fingerprint density at radius 3 is 2.47 bits per heavy atom. The van der Waals surface area contributed by atoms with Crippen molar-refractivity contribution in [2.24, 2.45) is 0 Å². The van der Waals surface area contributed by atoms with Crippen LogP contribution in [0.15, 0.2) is 84.9 Å². The molecule has 1 aliphatic heterocycles. The number of nitrogens with zero attached hydrogens (tertiary/aromatic N) is 4. The molecule has 0 spiro atoms. The minimum Gasteiger partial charge on any atom is -0.316 e. The lowest BCUT2D eigenvalue weighted by Crippen LogP contribution is -2.08. The number of hydrogen-bond acceptors (Lipinski definition) is 5. The third kappa shape index (κ3) is 3.81. The normalized spacial score (nSPS) is 15.4. The molecule has 178 valence electrons. The predicted molar refractivity (Wildman–Crippen MR) is 137 cm³/mol. The van der Waals surface area contributed by atoms with Crippen LogP contribution < -0.4 is 5.32 Å². The van der Waals surface area contributed by atoms with Gasteiger partial charge in [-0.3, -0.25) is 14.7 Å². The zero-order chi connectivity index (χ0) is 24.6. The van der Waals surface area contributed by atoms with Gasteiger partial charge in [-0.25, -0.2) is 14.4 Å². The number of hydrogen-bond donors (Lipinski definition) is 1. The van der Waals surface area contributed by atoms with Gasteiger partial charge >= 0.3 is 0 Å². The van der Waals surface area contributed by atoms with Gasteiger partial charge in [-0.15, -0.1) is 0 Å². The molecule has 1 atom stereocenters. The van der Waals surface area contributed by atoms with Crippen LogP contribution in [0.3, 0.4) is 0 Å². The van der Waals surface area contributed by atoms with Crippen molar-refractivity contribution < 1.29 is 9.31 Å². The topological polar surface area (TPSA) is 85.9 Å². The average molecular weight is 480 g/mol. The van der Waals surface area contributed by atoms with E-state index in [4.69, 9.17) is 4.98 Å². The second kappa shape index (κ2) is 8.98. The van der Waals surface area contributed by atoms with E-state index in [2.05, 4.69) is 22.4 Å². The van der Waals surface area contributed by atoms with E-state index in [1.807, 2.05) is 54.6 Å². The predicted octanol–water partition coefficient (Wildman–Crippen LogP) is 5.88. The first-order valence-corrected chi connectivity index (χ1v) is 11.8. The molecule has 7 nitrogen and oxygen atoms in total. The van der Waals surface area contributed by atoms with Gasteiger partial charge in [0, 0.05) is 23.9 Å². The maximum Gasteiger partial charge on any atom is 0.283 e. The van der Waals surface area contributed by atoms with Crippen LogP contribution in [0, 0.1) is 15.9 Å². The Hall–Kier alpha value is -4.43. The Balaban J connectivity index is 1.60. The summed E-state index contributed by atoms with van der Waals surface area (Å²) in [5.74, 6) is -0.131. The molecule has 8 heteroatoms. The molecule has 0 aliphatic carbocycles. The molecule has 3 aromatic carbocycles. The molecule has 1 fully saturated rings. The smallest absolute Gasteiger partial charge is 0.283 e. The number of nitrogens with one attached hydrogen (secondary N) is 1. The van der Waals surface area contributed by atoms with Crippen LogP contribution in [-0.4, -0.2) is 32.5 Å². The quantitative estimate of drug-likeness (QED) is 0.251. The SMILES string of the molecule is O=[N+]([O-])c1cccc(F)c1-c1nc2ccc(-c3ccccc3)nc2n1-c1ccc(C2CCNC2)cc1. The van der Waals surface area contributed by atoms with Gasteiger partial charge in [-0.2, -0.15) is 0 Å². The first-order valence-electron chi connectivity index (χ1n) is 11.8. The second-order valence-electron chi connectivity index (χ2n) is 8.85. The van der Waals surface area contributed by atoms with Crippen molar-refractivity contribution in [3.05, 3.63) is 106 Å². The van der Waals surface area contributed by atoms with E-state index in [1.54, 1.807) is 4.57 Å². The van der Waals surface area contributed by atoms with Gasteiger partial charge in [0.2, 0.25) is 0 Å². The molecule has 1 aliphatic rings. The number of imidazole rings is 1. The number of halogens is 1. The van der Waals surface area contributed by atoms with Crippen LogP contribution in [0.25, 0.3) is 39.5 Å². The maximum atomic E-state index is 15.1. The van der Waals surface area contributed by atoms with Crippen LogP contribution in [0.5, 0.6) is 0 Å². The largest absolute Gasteiger partial charge is 0.316 e. The summed E-state index contributed by atoms with van der Waals surface area (Å²) in [6.07, 6.45) is 1.07. The Morgan fingerprint density at radius 1 is 0.944 bits per heavy atom. The molecule has 0 amide bonds. The molecule has 2 aromatic heterocycles. The summed E-state index contributed by atoms with van der Waals surface area (Å²) in [6.45, 7) is 1.92. The van der Waals surface area contributed by atoms with Crippen LogP contribution in [0.4, 0.5) is 10.1 Å². The van der Waals surface area contributed by atoms with Crippen molar-refractivity contribution in [1.29, 1.82) is 0 Å². The molecule has 1 unspecified atom stereocenters. The van der Waals surface area contributed by atoms with E-state index in [-0.39, 0.29) is 17.1 Å². The van der Waals surface area contributed by atoms with Gasteiger partial charge in [0.1, 0.15) is 16.9 Å². The molecular formula is C28H22FN5O2. The van der Waals surface area contributed by atoms with Crippen LogP contribution in [-0.2, 0) is 0 Å². The van der Waals surface area contributed by atoms with Gasteiger partial charge in [0.25, 0.3) is 5.69 Å². The third-order valence-electron chi connectivity index (χ3n) is 6.67. The molecular weight excluding hydrogens is 457 g/mol. The van der Waals surface area contributed by atoms with E-state index < -0.39 is 10.7 Å². The lowest BCUT2D eigenvalue weighted by Gasteiger charge is -2.13. The van der Waals surface area contributed by atoms with Crippen molar-refractivity contribution >= 4 is 16.9 Å². The van der Waals surface area contributed by atoms with Crippen molar-refractivity contribution in [1.82, 2.24) is 19.9 Å². The number of pyridine rings is 1. The molecule has 1 saturated heterocycles. The highest BCUT2D eigenvalue weighted by Gasteiger charge is 2.27. The maximum absolute atomic E-state index is 15.1. The van der Waals surface area contributed by atoms with Gasteiger partial charge in [0.05, 0.1) is 10.6 Å². The lowest BCUT2D eigenvalue weighted by molar-refractivity contribution is -0.384. The van der Waals surface area contributed by atoms with Crippen molar-refractivity contribution in [3.8, 4) is 28.3 Å². The van der Waals surface area contributed by atoms with Crippen LogP contribution in [0.2, 0.25) is 0 Å².